The molecule has 60 heavy (non-hydrogen) atoms. The van der Waals surface area contributed by atoms with Crippen molar-refractivity contribution in [3.63, 3.8) is 0 Å². The maximum atomic E-state index is 13.9. The van der Waals surface area contributed by atoms with Crippen LogP contribution in [0.2, 0.25) is 0 Å². The molecule has 13 heteroatoms. The second-order valence-corrected chi connectivity index (χ2v) is 17.8. The highest BCUT2D eigenvalue weighted by Crippen LogP contribution is 2.47. The lowest BCUT2D eigenvalue weighted by atomic mass is 9.68. The predicted molar refractivity (Wildman–Crippen MR) is 220 cm³/mol. The second-order valence-electron chi connectivity index (χ2n) is 17.8. The van der Waals surface area contributed by atoms with E-state index in [2.05, 4.69) is 52.8 Å². The number of fused-ring (bicyclic) bond motifs is 5. The van der Waals surface area contributed by atoms with Crippen LogP contribution in [0.15, 0.2) is 66.7 Å². The second kappa shape index (κ2) is 14.9. The summed E-state index contributed by atoms with van der Waals surface area (Å²) in [5, 5.41) is 3.39. The van der Waals surface area contributed by atoms with Gasteiger partial charge >= 0.3 is 0 Å². The number of hydrogen-bond donors (Lipinski definition) is 2. The predicted octanol–water partition coefficient (Wildman–Crippen LogP) is 6.36. The van der Waals surface area contributed by atoms with E-state index in [4.69, 9.17) is 0 Å². The number of H-pyrrole nitrogens is 1. The number of nitrogens with zero attached hydrogens (tertiary/aromatic N) is 4. The molecule has 10 rings (SSSR count). The van der Waals surface area contributed by atoms with E-state index < -0.39 is 36.1 Å². The lowest BCUT2D eigenvalue weighted by Crippen LogP contribution is -2.54. The van der Waals surface area contributed by atoms with Crippen LogP contribution in [-0.4, -0.2) is 98.8 Å². The third kappa shape index (κ3) is 6.66. The van der Waals surface area contributed by atoms with Gasteiger partial charge in [0.25, 0.3) is 18.2 Å². The van der Waals surface area contributed by atoms with Crippen molar-refractivity contribution in [3.8, 4) is 0 Å². The van der Waals surface area contributed by atoms with E-state index in [1.54, 1.807) is 12.1 Å². The summed E-state index contributed by atoms with van der Waals surface area (Å²) >= 11 is 0. The molecule has 3 atom stereocenters. The molecule has 1 aliphatic carbocycles. The van der Waals surface area contributed by atoms with Crippen molar-refractivity contribution in [1.29, 1.82) is 0 Å². The van der Waals surface area contributed by atoms with Crippen LogP contribution < -0.4 is 5.32 Å². The summed E-state index contributed by atoms with van der Waals surface area (Å²) in [5.41, 5.74) is 9.22. The Kier molecular flexibility index (Phi) is 9.59. The normalized spacial score (nSPS) is 24.3. The highest BCUT2D eigenvalue weighted by Gasteiger charge is 2.46. The summed E-state index contributed by atoms with van der Waals surface area (Å²) in [6.07, 6.45) is 5.68. The number of carbonyl (C=O) groups excluding carboxylic acids is 5. The summed E-state index contributed by atoms with van der Waals surface area (Å²) in [6.45, 7) is 4.39. The zero-order valence-electron chi connectivity index (χ0n) is 33.6. The van der Waals surface area contributed by atoms with Crippen LogP contribution in [0.3, 0.4) is 0 Å². The topological polar surface area (TPSA) is 126 Å². The van der Waals surface area contributed by atoms with Crippen LogP contribution in [0.5, 0.6) is 0 Å². The van der Waals surface area contributed by atoms with Gasteiger partial charge in [-0.15, -0.1) is 0 Å². The first-order valence-corrected chi connectivity index (χ1v) is 21.3. The fraction of sp³-hybridized carbons (Fsp3) is 0.426. The van der Waals surface area contributed by atoms with Gasteiger partial charge in [0.15, 0.2) is 0 Å². The molecule has 1 unspecified atom stereocenters. The number of rotatable bonds is 7. The molecule has 11 nitrogen and oxygen atoms in total. The van der Waals surface area contributed by atoms with Crippen LogP contribution in [0, 0.1) is 5.41 Å². The molecular formula is C47H48F2N6O5. The van der Waals surface area contributed by atoms with Crippen molar-refractivity contribution in [1.82, 2.24) is 29.9 Å². The average molecular weight is 815 g/mol. The van der Waals surface area contributed by atoms with E-state index in [1.165, 1.54) is 16.7 Å². The first-order chi connectivity index (χ1) is 28.9. The largest absolute Gasteiger partial charge is 0.357 e. The lowest BCUT2D eigenvalue weighted by molar-refractivity contribution is -0.136. The minimum absolute atomic E-state index is 0.0306. The number of hydrogen-bond acceptors (Lipinski definition) is 7. The van der Waals surface area contributed by atoms with Crippen molar-refractivity contribution in [3.05, 3.63) is 111 Å². The Morgan fingerprint density at radius 3 is 2.25 bits per heavy atom. The van der Waals surface area contributed by atoms with Gasteiger partial charge in [0.1, 0.15) is 6.04 Å². The zero-order chi connectivity index (χ0) is 41.4. The summed E-state index contributed by atoms with van der Waals surface area (Å²) in [5.74, 6) is -2.02. The number of carbonyl (C=O) groups is 5. The molecule has 4 aromatic rings. The highest BCUT2D eigenvalue weighted by atomic mass is 19.3. The molecule has 5 aliphatic heterocycles. The molecule has 1 spiro atoms. The minimum atomic E-state index is -2.43. The highest BCUT2D eigenvalue weighted by molar-refractivity contribution is 6.23. The number of para-hydroxylation sites is 1. The summed E-state index contributed by atoms with van der Waals surface area (Å²) in [6, 6.07) is 18.9. The fourth-order valence-corrected chi connectivity index (χ4v) is 10.9. The molecule has 3 aromatic carbocycles. The van der Waals surface area contributed by atoms with E-state index in [1.807, 2.05) is 33.8 Å². The van der Waals surface area contributed by atoms with E-state index in [0.29, 0.717) is 26.2 Å². The molecule has 2 saturated heterocycles. The van der Waals surface area contributed by atoms with Gasteiger partial charge in [-0.2, -0.15) is 0 Å². The SMILES string of the molecule is C[C@@H]1Cc2c([nH]c3ccccc23)[C@@H](c2ccc(C3=CCC4(CC3)CCN(C(=O)CN3Cc5cc6c(cc5C3)C(=O)N(C3CCC(=O)NC3=O)C6=O)CC4)cc2)N1CC(F)F. The number of piperidine rings is 2. The zero-order valence-corrected chi connectivity index (χ0v) is 33.6. The Morgan fingerprint density at radius 1 is 0.900 bits per heavy atom. The molecule has 2 fully saturated rings. The van der Waals surface area contributed by atoms with E-state index in [9.17, 15) is 32.8 Å². The first kappa shape index (κ1) is 38.7. The molecule has 5 amide bonds. The smallest absolute Gasteiger partial charge is 0.262 e. The van der Waals surface area contributed by atoms with Gasteiger partial charge in [-0.05, 0) is 109 Å². The van der Waals surface area contributed by atoms with Crippen molar-refractivity contribution in [2.24, 2.45) is 5.41 Å². The molecular weight excluding hydrogens is 767 g/mol. The maximum absolute atomic E-state index is 13.9. The van der Waals surface area contributed by atoms with E-state index in [0.717, 1.165) is 76.7 Å². The monoisotopic (exact) mass is 814 g/mol. The third-order valence-electron chi connectivity index (χ3n) is 14.3. The number of alkyl halides is 2. The number of aromatic amines is 1. The Hall–Kier alpha value is -5.53. The van der Waals surface area contributed by atoms with Gasteiger partial charge in [0, 0.05) is 55.2 Å². The Bertz CT molecular complexity index is 2440. The number of aromatic nitrogens is 1. The molecule has 1 aromatic heterocycles. The minimum Gasteiger partial charge on any atom is -0.357 e. The summed E-state index contributed by atoms with van der Waals surface area (Å²) < 4.78 is 27.8. The standard InChI is InChI=1S/C47H48F2N6O5/c1-27-20-34-33-4-2-3-5-37(33)50-42(34)43(54(27)25-39(48)49)30-8-6-28(7-9-30)29-12-14-47(15-13-29)16-18-53(19-17-47)41(57)26-52-23-31-21-35-36(22-32(31)24-52)46(60)55(45(35)59)38-10-11-40(56)51-44(38)58/h2-9,12,21-22,27,38-39,43,50H,10-11,13-20,23-26H2,1H3,(H,51,56,58)/t27-,38?,43-/m1/s1. The molecule has 310 valence electrons. The van der Waals surface area contributed by atoms with Crippen LogP contribution >= 0.6 is 0 Å². The van der Waals surface area contributed by atoms with Gasteiger partial charge in [-0.25, -0.2) is 8.78 Å². The summed E-state index contributed by atoms with van der Waals surface area (Å²) in [7, 11) is 0. The molecule has 0 bridgehead atoms. The molecule has 0 radical (unpaired) electrons. The van der Waals surface area contributed by atoms with Gasteiger partial charge in [-0.1, -0.05) is 48.5 Å². The van der Waals surface area contributed by atoms with Crippen molar-refractivity contribution in [2.75, 3.05) is 26.2 Å². The van der Waals surface area contributed by atoms with Gasteiger partial charge < -0.3 is 9.88 Å². The quantitative estimate of drug-likeness (QED) is 0.208. The van der Waals surface area contributed by atoms with E-state index in [-0.39, 0.29) is 60.5 Å². The molecule has 6 aliphatic rings. The average Bonchev–Trinajstić information content (AvgIpc) is 3.88. The van der Waals surface area contributed by atoms with Gasteiger partial charge in [-0.3, -0.25) is 44.0 Å². The number of imide groups is 2. The van der Waals surface area contributed by atoms with Crippen molar-refractivity contribution in [2.45, 2.75) is 95.9 Å². The number of allylic oxidation sites excluding steroid dienone is 2. The number of benzene rings is 3. The maximum Gasteiger partial charge on any atom is 0.262 e. The van der Waals surface area contributed by atoms with Crippen LogP contribution in [0.25, 0.3) is 16.5 Å². The van der Waals surface area contributed by atoms with Crippen LogP contribution in [-0.2, 0) is 33.9 Å². The van der Waals surface area contributed by atoms with Gasteiger partial charge in [0.2, 0.25) is 17.7 Å². The Labute approximate surface area is 346 Å². The molecule has 2 N–H and O–H groups in total. The number of nitrogens with one attached hydrogen (secondary N) is 2. The number of halogens is 2. The van der Waals surface area contributed by atoms with Crippen molar-refractivity contribution < 1.29 is 32.8 Å². The third-order valence-corrected chi connectivity index (χ3v) is 14.3. The van der Waals surface area contributed by atoms with Crippen molar-refractivity contribution >= 4 is 46.0 Å². The molecule has 6 heterocycles. The van der Waals surface area contributed by atoms with Crippen LogP contribution in [0.4, 0.5) is 8.78 Å². The van der Waals surface area contributed by atoms with Crippen LogP contribution in [0.1, 0.15) is 112 Å². The molecule has 0 saturated carbocycles. The Balaban J connectivity index is 0.753. The van der Waals surface area contributed by atoms with E-state index >= 15 is 0 Å². The number of amides is 5. The lowest BCUT2D eigenvalue weighted by Gasteiger charge is -2.44. The first-order valence-electron chi connectivity index (χ1n) is 21.3. The number of likely N-dealkylation sites (tertiary alicyclic amines) is 1. The van der Waals surface area contributed by atoms with Gasteiger partial charge in [0.05, 0.1) is 30.3 Å². The Morgan fingerprint density at radius 2 is 1.60 bits per heavy atom. The fourth-order valence-electron chi connectivity index (χ4n) is 10.9. The summed E-state index contributed by atoms with van der Waals surface area (Å²) in [4.78, 5) is 74.9.